The second kappa shape index (κ2) is 4.02. The predicted octanol–water partition coefficient (Wildman–Crippen LogP) is 3.73. The molecule has 0 heterocycles. The van der Waals surface area contributed by atoms with Gasteiger partial charge in [-0.05, 0) is 80.6 Å². The highest BCUT2D eigenvalue weighted by molar-refractivity contribution is 5.74. The van der Waals surface area contributed by atoms with Gasteiger partial charge < -0.3 is 4.74 Å². The summed E-state index contributed by atoms with van der Waals surface area (Å²) in [7, 11) is 0. The molecule has 8 atom stereocenters. The summed E-state index contributed by atoms with van der Waals surface area (Å²) in [6, 6.07) is 0. The van der Waals surface area contributed by atoms with Gasteiger partial charge in [-0.2, -0.15) is 0 Å². The topological polar surface area (TPSA) is 26.3 Å². The lowest BCUT2D eigenvalue weighted by Gasteiger charge is -2.36. The van der Waals surface area contributed by atoms with Crippen molar-refractivity contribution in [2.45, 2.75) is 44.6 Å². The van der Waals surface area contributed by atoms with Crippen LogP contribution < -0.4 is 0 Å². The van der Waals surface area contributed by atoms with Gasteiger partial charge in [0.05, 0.1) is 5.92 Å². The number of carbonyl (C=O) groups excluding carboxylic acids is 1. The minimum Gasteiger partial charge on any atom is -0.455 e. The molecule has 0 amide bonds. The number of fused-ring (bicyclic) bond motifs is 9. The van der Waals surface area contributed by atoms with Crippen LogP contribution in [0.1, 0.15) is 39.0 Å². The third-order valence-corrected chi connectivity index (χ3v) is 7.18. The van der Waals surface area contributed by atoms with Crippen molar-refractivity contribution >= 4 is 5.97 Å². The first-order valence-electron chi connectivity index (χ1n) is 8.73. The molecule has 2 nitrogen and oxygen atoms in total. The monoisotopic (exact) mass is 284 g/mol. The number of rotatable bonds is 2. The van der Waals surface area contributed by atoms with Gasteiger partial charge in [-0.3, -0.25) is 4.79 Å². The lowest BCUT2D eigenvalue weighted by Crippen LogP contribution is -2.38. The quantitative estimate of drug-likeness (QED) is 0.439. The number of hydrogen-bond donors (Lipinski definition) is 0. The normalized spacial score (nSPS) is 55.4. The molecule has 2 heteroatoms. The Morgan fingerprint density at radius 3 is 2.71 bits per heavy atom. The summed E-state index contributed by atoms with van der Waals surface area (Å²) < 4.78 is 5.92. The zero-order chi connectivity index (χ0) is 14.2. The van der Waals surface area contributed by atoms with Crippen molar-refractivity contribution in [3.8, 4) is 0 Å². The van der Waals surface area contributed by atoms with E-state index in [9.17, 15) is 4.79 Å². The highest BCUT2D eigenvalue weighted by Gasteiger charge is 2.62. The summed E-state index contributed by atoms with van der Waals surface area (Å²) in [6.45, 7) is 2.06. The molecule has 0 aromatic heterocycles. The van der Waals surface area contributed by atoms with E-state index >= 15 is 0 Å². The summed E-state index contributed by atoms with van der Waals surface area (Å²) in [5, 5.41) is 0. The van der Waals surface area contributed by atoms with E-state index in [0.29, 0.717) is 5.92 Å². The molecule has 0 aliphatic heterocycles. The van der Waals surface area contributed by atoms with Crippen molar-refractivity contribution in [2.24, 2.45) is 41.4 Å². The van der Waals surface area contributed by atoms with Gasteiger partial charge in [0.15, 0.2) is 0 Å². The Balaban J connectivity index is 1.35. The molecule has 5 aliphatic rings. The Hall–Kier alpha value is -1.05. The Kier molecular flexibility index (Phi) is 2.39. The van der Waals surface area contributed by atoms with E-state index in [1.54, 1.807) is 0 Å². The molecular formula is C19H24O2. The van der Waals surface area contributed by atoms with Crippen LogP contribution in [0.2, 0.25) is 0 Å². The fourth-order valence-corrected chi connectivity index (χ4v) is 6.46. The minimum atomic E-state index is -0.326. The molecule has 112 valence electrons. The van der Waals surface area contributed by atoms with E-state index in [1.807, 2.05) is 0 Å². The summed E-state index contributed by atoms with van der Waals surface area (Å²) in [6.07, 6.45) is 14.9. The van der Waals surface area contributed by atoms with Crippen LogP contribution >= 0.6 is 0 Å². The molecule has 5 rings (SSSR count). The average Bonchev–Trinajstić information content (AvgIpc) is 3.23. The maximum atomic E-state index is 12.7. The van der Waals surface area contributed by atoms with E-state index in [1.165, 1.54) is 12.8 Å². The molecule has 0 N–H and O–H groups in total. The van der Waals surface area contributed by atoms with Gasteiger partial charge in [0.1, 0.15) is 5.60 Å². The van der Waals surface area contributed by atoms with Crippen LogP contribution in [0.15, 0.2) is 24.3 Å². The molecule has 21 heavy (non-hydrogen) atoms. The van der Waals surface area contributed by atoms with Crippen molar-refractivity contribution in [1.82, 2.24) is 0 Å². The zero-order valence-corrected chi connectivity index (χ0v) is 12.7. The van der Waals surface area contributed by atoms with Crippen molar-refractivity contribution in [3.05, 3.63) is 24.3 Å². The maximum Gasteiger partial charge on any atom is 0.310 e. The SMILES string of the molecule is CC1(OC(=O)C2CC3CC2C2C4C=CC(C4)C32)C=CCC1. The first kappa shape index (κ1) is 12.5. The van der Waals surface area contributed by atoms with Crippen molar-refractivity contribution in [2.75, 3.05) is 0 Å². The molecule has 3 fully saturated rings. The van der Waals surface area contributed by atoms with Gasteiger partial charge in [-0.15, -0.1) is 0 Å². The largest absolute Gasteiger partial charge is 0.455 e. The van der Waals surface area contributed by atoms with Crippen LogP contribution in [-0.4, -0.2) is 11.6 Å². The Morgan fingerprint density at radius 1 is 1.14 bits per heavy atom. The maximum absolute atomic E-state index is 12.7. The van der Waals surface area contributed by atoms with Gasteiger partial charge in [0, 0.05) is 0 Å². The van der Waals surface area contributed by atoms with Crippen LogP contribution in [0.4, 0.5) is 0 Å². The summed E-state index contributed by atoms with van der Waals surface area (Å²) in [5.41, 5.74) is -0.326. The van der Waals surface area contributed by atoms with E-state index in [-0.39, 0.29) is 17.5 Å². The summed E-state index contributed by atoms with van der Waals surface area (Å²) in [4.78, 5) is 12.7. The van der Waals surface area contributed by atoms with Crippen molar-refractivity contribution in [1.29, 1.82) is 0 Å². The third kappa shape index (κ3) is 1.62. The van der Waals surface area contributed by atoms with Gasteiger partial charge in [0.2, 0.25) is 0 Å². The number of ether oxygens (including phenoxy) is 1. The Morgan fingerprint density at radius 2 is 1.95 bits per heavy atom. The molecule has 0 spiro atoms. The zero-order valence-electron chi connectivity index (χ0n) is 12.7. The van der Waals surface area contributed by atoms with Crippen molar-refractivity contribution < 1.29 is 9.53 Å². The van der Waals surface area contributed by atoms with E-state index < -0.39 is 0 Å². The number of carbonyl (C=O) groups is 1. The highest BCUT2D eigenvalue weighted by Crippen LogP contribution is 2.67. The highest BCUT2D eigenvalue weighted by atomic mass is 16.6. The number of esters is 1. The van der Waals surface area contributed by atoms with Crippen molar-refractivity contribution in [3.63, 3.8) is 0 Å². The fourth-order valence-electron chi connectivity index (χ4n) is 6.46. The van der Waals surface area contributed by atoms with Crippen LogP contribution in [0, 0.1) is 41.4 Å². The average molecular weight is 284 g/mol. The van der Waals surface area contributed by atoms with Crippen LogP contribution in [0.5, 0.6) is 0 Å². The summed E-state index contributed by atoms with van der Waals surface area (Å²) >= 11 is 0. The lowest BCUT2D eigenvalue weighted by molar-refractivity contribution is -0.162. The number of hydrogen-bond acceptors (Lipinski definition) is 2. The predicted molar refractivity (Wildman–Crippen MR) is 80.3 cm³/mol. The molecular weight excluding hydrogens is 260 g/mol. The first-order chi connectivity index (χ1) is 10.1. The van der Waals surface area contributed by atoms with Gasteiger partial charge in [-0.25, -0.2) is 0 Å². The molecule has 5 aliphatic carbocycles. The van der Waals surface area contributed by atoms with Crippen LogP contribution in [0.3, 0.4) is 0 Å². The van der Waals surface area contributed by atoms with Crippen LogP contribution in [0.25, 0.3) is 0 Å². The molecule has 3 saturated carbocycles. The third-order valence-electron chi connectivity index (χ3n) is 7.18. The molecule has 8 unspecified atom stereocenters. The van der Waals surface area contributed by atoms with Crippen LogP contribution in [-0.2, 0) is 9.53 Å². The second-order valence-electron chi connectivity index (χ2n) is 8.28. The Bertz CT molecular complexity index is 548. The summed E-state index contributed by atoms with van der Waals surface area (Å²) in [5.74, 6) is 5.00. The fraction of sp³-hybridized carbons (Fsp3) is 0.737. The standard InChI is InChI=1S/C19H24O2/c1-19(6-2-3-7-19)21-18(20)15-10-13-9-14(15)17-12-5-4-11(8-12)16(13)17/h2,4-6,11-17H,3,7-10H2,1H3. The molecule has 0 saturated heterocycles. The van der Waals surface area contributed by atoms with Gasteiger partial charge in [-0.1, -0.05) is 18.2 Å². The number of allylic oxidation sites excluding steroid dienone is 3. The Labute approximate surface area is 126 Å². The molecule has 0 radical (unpaired) electrons. The molecule has 0 aromatic carbocycles. The van der Waals surface area contributed by atoms with Gasteiger partial charge >= 0.3 is 5.97 Å². The first-order valence-corrected chi connectivity index (χ1v) is 8.73. The molecule has 4 bridgehead atoms. The lowest BCUT2D eigenvalue weighted by atomic mass is 9.69. The van der Waals surface area contributed by atoms with E-state index in [4.69, 9.17) is 4.74 Å². The van der Waals surface area contributed by atoms with Gasteiger partial charge in [0.25, 0.3) is 0 Å². The molecule has 0 aromatic rings. The smallest absolute Gasteiger partial charge is 0.310 e. The second-order valence-corrected chi connectivity index (χ2v) is 8.28. The minimum absolute atomic E-state index is 0.0988. The van der Waals surface area contributed by atoms with E-state index in [0.717, 1.165) is 48.9 Å². The van der Waals surface area contributed by atoms with E-state index in [2.05, 4.69) is 31.2 Å².